The minimum Gasteiger partial charge on any atom is -0.368 e. The van der Waals surface area contributed by atoms with E-state index in [1.807, 2.05) is 7.05 Å². The molecule has 9 nitrogen and oxygen atoms in total. The molecule has 238 valence electrons. The van der Waals surface area contributed by atoms with Gasteiger partial charge < -0.3 is 25.3 Å². The molecule has 2 atom stereocenters. The average Bonchev–Trinajstić information content (AvgIpc) is 3.37. The van der Waals surface area contributed by atoms with Crippen LogP contribution in [-0.4, -0.2) is 102 Å². The van der Waals surface area contributed by atoms with Crippen LogP contribution in [0.5, 0.6) is 0 Å². The van der Waals surface area contributed by atoms with Crippen LogP contribution in [0.3, 0.4) is 0 Å². The predicted molar refractivity (Wildman–Crippen MR) is 173 cm³/mol. The van der Waals surface area contributed by atoms with E-state index in [0.717, 1.165) is 30.5 Å². The Balaban J connectivity index is 1.53. The summed E-state index contributed by atoms with van der Waals surface area (Å²) in [6.45, 7) is 1.31. The van der Waals surface area contributed by atoms with Crippen LogP contribution in [0.25, 0.3) is 0 Å². The van der Waals surface area contributed by atoms with Crippen molar-refractivity contribution in [3.05, 3.63) is 67.6 Å². The van der Waals surface area contributed by atoms with Crippen molar-refractivity contribution in [3.63, 3.8) is 0 Å². The molecule has 2 aromatic carbocycles. The summed E-state index contributed by atoms with van der Waals surface area (Å²) in [7, 11) is 2.04. The van der Waals surface area contributed by atoms with E-state index in [-0.39, 0.29) is 44.4 Å². The fraction of sp³-hybridized carbons (Fsp3) is 0.484. The molecule has 2 N–H and O–H groups in total. The van der Waals surface area contributed by atoms with Crippen molar-refractivity contribution >= 4 is 70.0 Å². The van der Waals surface area contributed by atoms with E-state index in [1.54, 1.807) is 36.4 Å². The van der Waals surface area contributed by atoms with E-state index in [1.165, 1.54) is 14.7 Å². The third kappa shape index (κ3) is 9.01. The highest BCUT2D eigenvalue weighted by atomic mass is 35.5. The fourth-order valence-corrected chi connectivity index (χ4v) is 6.89. The lowest BCUT2D eigenvalue weighted by Gasteiger charge is -2.41. The first-order chi connectivity index (χ1) is 20.9. The van der Waals surface area contributed by atoms with E-state index in [0.29, 0.717) is 51.9 Å². The SMILES string of the molecule is CN1CCCC1CCN(CC(N)=O)C(=O)CC1C(=O)N(CCc2ccc(Cl)cc2Cl)CC(=O)N1CCc1ccc(Cl)cc1Cl. The van der Waals surface area contributed by atoms with E-state index in [9.17, 15) is 19.2 Å². The molecule has 2 heterocycles. The molecule has 4 amide bonds. The first-order valence-corrected chi connectivity index (χ1v) is 16.2. The molecule has 2 unspecified atom stereocenters. The minimum atomic E-state index is -1.06. The number of amides is 4. The summed E-state index contributed by atoms with van der Waals surface area (Å²) in [4.78, 5) is 59.6. The second kappa shape index (κ2) is 15.6. The van der Waals surface area contributed by atoms with Gasteiger partial charge in [-0.2, -0.15) is 0 Å². The van der Waals surface area contributed by atoms with Gasteiger partial charge in [-0.3, -0.25) is 19.2 Å². The van der Waals surface area contributed by atoms with Crippen molar-refractivity contribution in [1.29, 1.82) is 0 Å². The second-order valence-electron chi connectivity index (χ2n) is 11.4. The van der Waals surface area contributed by atoms with Crippen molar-refractivity contribution < 1.29 is 19.2 Å². The molecule has 0 aliphatic carbocycles. The summed E-state index contributed by atoms with van der Waals surface area (Å²) in [5.41, 5.74) is 7.05. The summed E-state index contributed by atoms with van der Waals surface area (Å²) in [5.74, 6) is -1.68. The second-order valence-corrected chi connectivity index (χ2v) is 13.1. The summed E-state index contributed by atoms with van der Waals surface area (Å²) < 4.78 is 0. The number of nitrogens with zero attached hydrogens (tertiary/aromatic N) is 4. The molecule has 44 heavy (non-hydrogen) atoms. The topological polar surface area (TPSA) is 107 Å². The van der Waals surface area contributed by atoms with Crippen LogP contribution < -0.4 is 5.73 Å². The zero-order valence-electron chi connectivity index (χ0n) is 24.6. The van der Waals surface area contributed by atoms with E-state index < -0.39 is 17.9 Å². The highest BCUT2D eigenvalue weighted by Crippen LogP contribution is 2.26. The van der Waals surface area contributed by atoms with Crippen LogP contribution in [-0.2, 0) is 32.0 Å². The Hall–Kier alpha value is -2.56. The van der Waals surface area contributed by atoms with Crippen LogP contribution >= 0.6 is 46.4 Å². The Morgan fingerprint density at radius 2 is 1.57 bits per heavy atom. The number of benzene rings is 2. The largest absolute Gasteiger partial charge is 0.368 e. The van der Waals surface area contributed by atoms with Crippen LogP contribution in [0.4, 0.5) is 0 Å². The maximum absolute atomic E-state index is 13.9. The average molecular weight is 685 g/mol. The first-order valence-electron chi connectivity index (χ1n) is 14.7. The molecule has 2 fully saturated rings. The molecule has 0 aromatic heterocycles. The van der Waals surface area contributed by atoms with Crippen LogP contribution in [0.1, 0.15) is 36.8 Å². The van der Waals surface area contributed by atoms with Crippen molar-refractivity contribution in [3.8, 4) is 0 Å². The number of hydrogen-bond acceptors (Lipinski definition) is 5. The molecule has 2 aromatic rings. The normalized spacial score (nSPS) is 19.1. The molecule has 0 radical (unpaired) electrons. The number of nitrogens with two attached hydrogens (primary N) is 1. The Kier molecular flexibility index (Phi) is 12.2. The lowest BCUT2D eigenvalue weighted by Crippen LogP contribution is -2.61. The zero-order valence-corrected chi connectivity index (χ0v) is 27.6. The summed E-state index contributed by atoms with van der Waals surface area (Å²) in [6, 6.07) is 9.48. The predicted octanol–water partition coefficient (Wildman–Crippen LogP) is 4.31. The molecule has 2 aliphatic rings. The van der Waals surface area contributed by atoms with Gasteiger partial charge in [0.25, 0.3) is 0 Å². The van der Waals surface area contributed by atoms with Gasteiger partial charge in [-0.05, 0) is 81.1 Å². The number of piperazine rings is 1. The summed E-state index contributed by atoms with van der Waals surface area (Å²) in [5, 5.41) is 1.91. The lowest BCUT2D eigenvalue weighted by molar-refractivity contribution is -0.158. The number of primary amides is 1. The number of carbonyl (C=O) groups excluding carboxylic acids is 4. The fourth-order valence-electron chi connectivity index (χ4n) is 5.89. The van der Waals surface area contributed by atoms with Gasteiger partial charge in [-0.1, -0.05) is 58.5 Å². The molecule has 13 heteroatoms. The zero-order chi connectivity index (χ0) is 32.0. The van der Waals surface area contributed by atoms with Gasteiger partial charge in [0, 0.05) is 45.8 Å². The van der Waals surface area contributed by atoms with Gasteiger partial charge in [0.2, 0.25) is 23.6 Å². The third-order valence-corrected chi connectivity index (χ3v) is 9.57. The third-order valence-electron chi connectivity index (χ3n) is 8.39. The summed E-state index contributed by atoms with van der Waals surface area (Å²) >= 11 is 24.8. The highest BCUT2D eigenvalue weighted by Gasteiger charge is 2.41. The van der Waals surface area contributed by atoms with Crippen LogP contribution in [0.2, 0.25) is 20.1 Å². The van der Waals surface area contributed by atoms with Crippen molar-refractivity contribution in [1.82, 2.24) is 19.6 Å². The smallest absolute Gasteiger partial charge is 0.246 e. The molecule has 0 bridgehead atoms. The van der Waals surface area contributed by atoms with Crippen molar-refractivity contribution in [2.75, 3.05) is 46.3 Å². The first kappa shape index (κ1) is 34.3. The van der Waals surface area contributed by atoms with Crippen LogP contribution in [0.15, 0.2) is 36.4 Å². The maximum atomic E-state index is 13.9. The van der Waals surface area contributed by atoms with Gasteiger partial charge in [-0.25, -0.2) is 0 Å². The molecular formula is C31H37Cl4N5O4. The molecule has 4 rings (SSSR count). The monoisotopic (exact) mass is 683 g/mol. The quantitative estimate of drug-likeness (QED) is 0.339. The Bertz CT molecular complexity index is 1390. The molecule has 2 aliphatic heterocycles. The van der Waals surface area contributed by atoms with Gasteiger partial charge in [0.15, 0.2) is 0 Å². The summed E-state index contributed by atoms with van der Waals surface area (Å²) in [6.07, 6.45) is 3.26. The van der Waals surface area contributed by atoms with E-state index in [4.69, 9.17) is 52.1 Å². The standard InChI is InChI=1S/C31H37Cl4N5O4/c1-37-11-2-3-24(37)10-13-38(18-28(36)41)29(42)17-27-31(44)39(12-8-20-4-6-22(32)15-25(20)34)19-30(43)40(27)14-9-21-5-7-23(33)16-26(21)35/h4-7,15-16,24,27H,2-3,8-14,17-19H2,1H3,(H2,36,41). The number of rotatable bonds is 13. The van der Waals surface area contributed by atoms with E-state index >= 15 is 0 Å². The molecular weight excluding hydrogens is 648 g/mol. The number of halogens is 4. The Morgan fingerprint density at radius 1 is 0.955 bits per heavy atom. The molecule has 0 spiro atoms. The van der Waals surface area contributed by atoms with Crippen molar-refractivity contribution in [2.24, 2.45) is 5.73 Å². The van der Waals surface area contributed by atoms with Gasteiger partial charge in [0.1, 0.15) is 6.04 Å². The van der Waals surface area contributed by atoms with Gasteiger partial charge in [-0.15, -0.1) is 0 Å². The van der Waals surface area contributed by atoms with E-state index in [2.05, 4.69) is 4.90 Å². The Morgan fingerprint density at radius 3 is 2.11 bits per heavy atom. The molecule has 0 saturated carbocycles. The molecule has 2 saturated heterocycles. The number of carbonyl (C=O) groups is 4. The van der Waals surface area contributed by atoms with Gasteiger partial charge >= 0.3 is 0 Å². The number of likely N-dealkylation sites (tertiary alicyclic amines) is 1. The van der Waals surface area contributed by atoms with Gasteiger partial charge in [0.05, 0.1) is 19.5 Å². The Labute approximate surface area is 278 Å². The maximum Gasteiger partial charge on any atom is 0.246 e. The lowest BCUT2D eigenvalue weighted by atomic mass is 10.0. The van der Waals surface area contributed by atoms with Crippen LogP contribution in [0, 0.1) is 0 Å². The number of hydrogen-bond donors (Lipinski definition) is 1. The highest BCUT2D eigenvalue weighted by molar-refractivity contribution is 6.35. The van der Waals surface area contributed by atoms with Crippen molar-refractivity contribution in [2.45, 2.75) is 50.6 Å². The minimum absolute atomic E-state index is 0.137.